The summed E-state index contributed by atoms with van der Waals surface area (Å²) in [5, 5.41) is 11.8. The second kappa shape index (κ2) is 7.55. The highest BCUT2D eigenvalue weighted by Gasteiger charge is 2.29. The normalized spacial score (nSPS) is 12.6. The Morgan fingerprint density at radius 3 is 2.36 bits per heavy atom. The van der Waals surface area contributed by atoms with Crippen LogP contribution in [-0.2, 0) is 16.0 Å². The Morgan fingerprint density at radius 2 is 1.76 bits per heavy atom. The van der Waals surface area contributed by atoms with Crippen molar-refractivity contribution in [3.05, 3.63) is 48.0 Å². The van der Waals surface area contributed by atoms with Gasteiger partial charge in [0, 0.05) is 7.05 Å². The highest BCUT2D eigenvalue weighted by atomic mass is 16.6. The molecule has 5 heteroatoms. The summed E-state index contributed by atoms with van der Waals surface area (Å²) >= 11 is 0. The first-order valence-corrected chi connectivity index (χ1v) is 8.33. The summed E-state index contributed by atoms with van der Waals surface area (Å²) in [6.45, 7) is 5.26. The SMILES string of the molecule is CN(C(=O)OC(C)(C)C)[C@H](CCc1ccc2ccccc2c1)C(=O)O. The average molecular weight is 343 g/mol. The number of carboxylic acids is 1. The maximum Gasteiger partial charge on any atom is 0.410 e. The standard InChI is InChI=1S/C20H25NO4/c1-20(2,3)25-19(24)21(4)17(18(22)23)12-10-14-9-11-15-7-5-6-8-16(15)13-14/h5-9,11,13,17H,10,12H2,1-4H3,(H,22,23)/t17-/m1/s1. The zero-order valence-corrected chi connectivity index (χ0v) is 15.2. The molecule has 134 valence electrons. The van der Waals surface area contributed by atoms with E-state index in [1.54, 1.807) is 20.8 Å². The Morgan fingerprint density at radius 1 is 1.12 bits per heavy atom. The van der Waals surface area contributed by atoms with Gasteiger partial charge in [-0.2, -0.15) is 0 Å². The van der Waals surface area contributed by atoms with Gasteiger partial charge < -0.3 is 9.84 Å². The van der Waals surface area contributed by atoms with Gasteiger partial charge in [-0.15, -0.1) is 0 Å². The maximum absolute atomic E-state index is 12.1. The van der Waals surface area contributed by atoms with Gasteiger partial charge in [-0.05, 0) is 49.9 Å². The lowest BCUT2D eigenvalue weighted by Crippen LogP contribution is -2.45. The van der Waals surface area contributed by atoms with Gasteiger partial charge in [0.15, 0.2) is 0 Å². The fourth-order valence-electron chi connectivity index (χ4n) is 2.64. The number of aryl methyl sites for hydroxylation is 1. The number of hydrogen-bond acceptors (Lipinski definition) is 3. The van der Waals surface area contributed by atoms with Crippen LogP contribution in [0.4, 0.5) is 4.79 Å². The molecule has 0 saturated heterocycles. The van der Waals surface area contributed by atoms with Gasteiger partial charge in [0.25, 0.3) is 0 Å². The maximum atomic E-state index is 12.1. The summed E-state index contributed by atoms with van der Waals surface area (Å²) in [7, 11) is 1.47. The van der Waals surface area contributed by atoms with Gasteiger partial charge in [0.1, 0.15) is 11.6 Å². The minimum absolute atomic E-state index is 0.323. The van der Waals surface area contributed by atoms with Crippen LogP contribution < -0.4 is 0 Å². The summed E-state index contributed by atoms with van der Waals surface area (Å²) in [6.07, 6.45) is 0.261. The molecule has 0 radical (unpaired) electrons. The van der Waals surface area contributed by atoms with E-state index in [1.165, 1.54) is 7.05 Å². The predicted octanol–water partition coefficient (Wildman–Crippen LogP) is 4.09. The quantitative estimate of drug-likeness (QED) is 0.888. The Balaban J connectivity index is 2.07. The van der Waals surface area contributed by atoms with E-state index in [9.17, 15) is 14.7 Å². The number of nitrogens with zero attached hydrogens (tertiary/aromatic N) is 1. The number of carbonyl (C=O) groups excluding carboxylic acids is 1. The van der Waals surface area contributed by atoms with Crippen molar-refractivity contribution in [2.75, 3.05) is 7.05 Å². The number of hydrogen-bond donors (Lipinski definition) is 1. The van der Waals surface area contributed by atoms with E-state index in [1.807, 2.05) is 36.4 Å². The smallest absolute Gasteiger partial charge is 0.410 e. The predicted molar refractivity (Wildman–Crippen MR) is 97.7 cm³/mol. The molecule has 2 aromatic carbocycles. The van der Waals surface area contributed by atoms with Crippen molar-refractivity contribution in [1.82, 2.24) is 4.90 Å². The molecule has 1 atom stereocenters. The highest BCUT2D eigenvalue weighted by Crippen LogP contribution is 2.19. The van der Waals surface area contributed by atoms with Crippen LogP contribution in [0.25, 0.3) is 10.8 Å². The van der Waals surface area contributed by atoms with Crippen LogP contribution in [0.2, 0.25) is 0 Å². The molecule has 0 aliphatic carbocycles. The van der Waals surface area contributed by atoms with Crippen LogP contribution in [0.3, 0.4) is 0 Å². The van der Waals surface area contributed by atoms with Crippen molar-refractivity contribution in [3.8, 4) is 0 Å². The van der Waals surface area contributed by atoms with Crippen LogP contribution in [0.5, 0.6) is 0 Å². The summed E-state index contributed by atoms with van der Waals surface area (Å²) in [5.74, 6) is -1.03. The average Bonchev–Trinajstić information content (AvgIpc) is 2.52. The number of carbonyl (C=O) groups is 2. The summed E-state index contributed by atoms with van der Waals surface area (Å²) in [6, 6.07) is 13.2. The number of likely N-dealkylation sites (N-methyl/N-ethyl adjacent to an activating group) is 1. The zero-order chi connectivity index (χ0) is 18.6. The van der Waals surface area contributed by atoms with Gasteiger partial charge in [0.2, 0.25) is 0 Å². The molecule has 0 bridgehead atoms. The molecule has 0 aromatic heterocycles. The lowest BCUT2D eigenvalue weighted by atomic mass is 10.0. The molecular weight excluding hydrogens is 318 g/mol. The monoisotopic (exact) mass is 343 g/mol. The third-order valence-electron chi connectivity index (χ3n) is 3.95. The molecule has 2 aromatic rings. The summed E-state index contributed by atoms with van der Waals surface area (Å²) < 4.78 is 5.26. The van der Waals surface area contributed by atoms with E-state index in [2.05, 4.69) is 6.07 Å². The van der Waals surface area contributed by atoms with Crippen LogP contribution >= 0.6 is 0 Å². The third kappa shape index (κ3) is 5.21. The lowest BCUT2D eigenvalue weighted by Gasteiger charge is -2.28. The van der Waals surface area contributed by atoms with Gasteiger partial charge >= 0.3 is 12.1 Å². The highest BCUT2D eigenvalue weighted by molar-refractivity contribution is 5.83. The van der Waals surface area contributed by atoms with E-state index in [0.717, 1.165) is 21.2 Å². The van der Waals surface area contributed by atoms with Crippen molar-refractivity contribution >= 4 is 22.8 Å². The number of ether oxygens (including phenoxy) is 1. The number of amides is 1. The molecule has 5 nitrogen and oxygen atoms in total. The molecule has 1 N–H and O–H groups in total. The van der Waals surface area contributed by atoms with E-state index < -0.39 is 23.7 Å². The number of aliphatic carboxylic acids is 1. The second-order valence-corrected chi connectivity index (χ2v) is 7.17. The second-order valence-electron chi connectivity index (χ2n) is 7.17. The Labute approximate surface area is 148 Å². The molecule has 0 saturated carbocycles. The van der Waals surface area contributed by atoms with Gasteiger partial charge in [0.05, 0.1) is 0 Å². The molecule has 1 amide bonds. The van der Waals surface area contributed by atoms with Crippen LogP contribution in [0.1, 0.15) is 32.8 Å². The molecule has 0 heterocycles. The van der Waals surface area contributed by atoms with E-state index in [-0.39, 0.29) is 0 Å². The summed E-state index contributed by atoms with van der Waals surface area (Å²) in [5.41, 5.74) is 0.384. The van der Waals surface area contributed by atoms with Crippen LogP contribution in [-0.4, -0.2) is 40.8 Å². The molecule has 0 unspecified atom stereocenters. The largest absolute Gasteiger partial charge is 0.480 e. The van der Waals surface area contributed by atoms with E-state index in [0.29, 0.717) is 12.8 Å². The van der Waals surface area contributed by atoms with Crippen molar-refractivity contribution < 1.29 is 19.4 Å². The van der Waals surface area contributed by atoms with Crippen LogP contribution in [0.15, 0.2) is 42.5 Å². The van der Waals surface area contributed by atoms with Crippen molar-refractivity contribution in [2.45, 2.75) is 45.3 Å². The number of rotatable bonds is 5. The number of fused-ring (bicyclic) bond motifs is 1. The Kier molecular flexibility index (Phi) is 5.67. The minimum Gasteiger partial charge on any atom is -0.480 e. The van der Waals surface area contributed by atoms with Gasteiger partial charge in [-0.25, -0.2) is 9.59 Å². The molecule has 0 fully saturated rings. The Hall–Kier alpha value is -2.56. The zero-order valence-electron chi connectivity index (χ0n) is 15.2. The third-order valence-corrected chi connectivity index (χ3v) is 3.95. The number of benzene rings is 2. The minimum atomic E-state index is -1.03. The van der Waals surface area contributed by atoms with E-state index in [4.69, 9.17) is 4.74 Å². The molecule has 25 heavy (non-hydrogen) atoms. The first kappa shape index (κ1) is 18.8. The number of carboxylic acid groups (broad SMARTS) is 1. The van der Waals surface area contributed by atoms with Crippen molar-refractivity contribution in [2.24, 2.45) is 0 Å². The molecule has 0 spiro atoms. The molecule has 0 aliphatic rings. The van der Waals surface area contributed by atoms with Crippen molar-refractivity contribution in [1.29, 1.82) is 0 Å². The van der Waals surface area contributed by atoms with E-state index >= 15 is 0 Å². The Bertz CT molecular complexity index is 764. The van der Waals surface area contributed by atoms with Gasteiger partial charge in [-0.3, -0.25) is 4.90 Å². The topological polar surface area (TPSA) is 66.8 Å². The molecule has 2 rings (SSSR count). The van der Waals surface area contributed by atoms with Gasteiger partial charge in [-0.1, -0.05) is 42.5 Å². The fraction of sp³-hybridized carbons (Fsp3) is 0.400. The fourth-order valence-corrected chi connectivity index (χ4v) is 2.64. The summed E-state index contributed by atoms with van der Waals surface area (Å²) in [4.78, 5) is 24.9. The first-order chi connectivity index (χ1) is 11.7. The molecular formula is C20H25NO4. The first-order valence-electron chi connectivity index (χ1n) is 8.33. The van der Waals surface area contributed by atoms with Crippen molar-refractivity contribution in [3.63, 3.8) is 0 Å². The molecule has 0 aliphatic heterocycles. The lowest BCUT2D eigenvalue weighted by molar-refractivity contribution is -0.142. The van der Waals surface area contributed by atoms with Crippen LogP contribution in [0, 0.1) is 0 Å².